The Hall–Kier alpha value is -0.980. The van der Waals surface area contributed by atoms with Crippen LogP contribution in [0.5, 0.6) is 0 Å². The van der Waals surface area contributed by atoms with E-state index in [4.69, 9.17) is 5.26 Å². The molecule has 1 atom stereocenters. The van der Waals surface area contributed by atoms with Crippen LogP contribution in [0.2, 0.25) is 0 Å². The zero-order chi connectivity index (χ0) is 8.97. The van der Waals surface area contributed by atoms with Crippen LogP contribution in [0.15, 0.2) is 29.2 Å². The highest BCUT2D eigenvalue weighted by atomic mass is 32.2. The first-order valence-electron chi connectivity index (χ1n) is 3.66. The zero-order valence-electron chi connectivity index (χ0n) is 6.78. The Labute approximate surface area is 75.0 Å². The maximum Gasteiger partial charge on any atom is 0.153 e. The molecule has 0 bridgehead atoms. The van der Waals surface area contributed by atoms with Crippen LogP contribution in [0.4, 0.5) is 0 Å². The predicted octanol–water partition coefficient (Wildman–Crippen LogP) is 1.69. The number of hydrogen-bond donors (Lipinski definition) is 0. The molecular formula is C9H9NOS. The van der Waals surface area contributed by atoms with Gasteiger partial charge in [-0.2, -0.15) is 5.26 Å². The molecule has 3 heteroatoms. The average Bonchev–Trinajstić information content (AvgIpc) is 2.17. The summed E-state index contributed by atoms with van der Waals surface area (Å²) in [5.41, 5.74) is 0.564. The van der Waals surface area contributed by atoms with Gasteiger partial charge in [0.15, 0.2) is 4.90 Å². The molecule has 0 fully saturated rings. The van der Waals surface area contributed by atoms with Crippen LogP contribution in [0.25, 0.3) is 0 Å². The molecule has 1 aromatic carbocycles. The van der Waals surface area contributed by atoms with Gasteiger partial charge in [-0.1, -0.05) is 6.07 Å². The molecule has 0 spiro atoms. The van der Waals surface area contributed by atoms with Crippen molar-refractivity contribution >= 4 is 11.2 Å². The highest BCUT2D eigenvalue weighted by Crippen LogP contribution is 2.12. The number of nitriles is 1. The maximum absolute atomic E-state index is 11.3. The van der Waals surface area contributed by atoms with Crippen molar-refractivity contribution in [1.82, 2.24) is 0 Å². The molecule has 0 heterocycles. The molecule has 0 aliphatic rings. The molecule has 0 N–H and O–H groups in total. The first-order valence-corrected chi connectivity index (χ1v) is 4.98. The van der Waals surface area contributed by atoms with Crippen molar-refractivity contribution < 1.29 is 4.55 Å². The van der Waals surface area contributed by atoms with E-state index in [1.54, 1.807) is 24.3 Å². The number of hydrogen-bond acceptors (Lipinski definition) is 2. The van der Waals surface area contributed by atoms with Crippen molar-refractivity contribution in [3.63, 3.8) is 0 Å². The van der Waals surface area contributed by atoms with Crippen molar-refractivity contribution in [1.29, 1.82) is 5.26 Å². The Morgan fingerprint density at radius 1 is 1.58 bits per heavy atom. The van der Waals surface area contributed by atoms with E-state index in [-0.39, 0.29) is 0 Å². The average molecular weight is 179 g/mol. The summed E-state index contributed by atoms with van der Waals surface area (Å²) in [4.78, 5) is 0.733. The van der Waals surface area contributed by atoms with Crippen LogP contribution < -0.4 is 0 Å². The van der Waals surface area contributed by atoms with Crippen LogP contribution in [0, 0.1) is 11.3 Å². The third kappa shape index (κ3) is 2.00. The van der Waals surface area contributed by atoms with Crippen LogP contribution in [0.3, 0.4) is 0 Å². The minimum absolute atomic E-state index is 0.564. The fourth-order valence-corrected chi connectivity index (χ4v) is 1.70. The highest BCUT2D eigenvalue weighted by Gasteiger charge is 2.07. The van der Waals surface area contributed by atoms with Crippen molar-refractivity contribution in [2.45, 2.75) is 11.8 Å². The van der Waals surface area contributed by atoms with E-state index in [1.165, 1.54) is 0 Å². The van der Waals surface area contributed by atoms with Gasteiger partial charge in [0.1, 0.15) is 5.75 Å². The van der Waals surface area contributed by atoms with Gasteiger partial charge in [0.25, 0.3) is 0 Å². The van der Waals surface area contributed by atoms with E-state index >= 15 is 0 Å². The van der Waals surface area contributed by atoms with Gasteiger partial charge in [0, 0.05) is 6.07 Å². The molecule has 0 aliphatic carbocycles. The molecular weight excluding hydrogens is 170 g/mol. The van der Waals surface area contributed by atoms with Gasteiger partial charge in [-0.25, -0.2) is 0 Å². The summed E-state index contributed by atoms with van der Waals surface area (Å²) in [5, 5.41) is 8.57. The number of rotatable bonds is 2. The number of nitrogens with zero attached hydrogens (tertiary/aromatic N) is 1. The summed E-state index contributed by atoms with van der Waals surface area (Å²) in [6, 6.07) is 8.91. The molecule has 1 aromatic rings. The topological polar surface area (TPSA) is 46.8 Å². The Kier molecular flexibility index (Phi) is 3.15. The Balaban J connectivity index is 2.95. The second-order valence-corrected chi connectivity index (χ2v) is 4.01. The molecule has 1 rings (SSSR count). The second-order valence-electron chi connectivity index (χ2n) is 2.27. The van der Waals surface area contributed by atoms with E-state index in [9.17, 15) is 4.55 Å². The molecule has 0 saturated heterocycles. The lowest BCUT2D eigenvalue weighted by Crippen LogP contribution is -2.03. The summed E-state index contributed by atoms with van der Waals surface area (Å²) in [6.45, 7) is 1.86. The van der Waals surface area contributed by atoms with Crippen LogP contribution >= 0.6 is 0 Å². The smallest absolute Gasteiger partial charge is 0.153 e. The van der Waals surface area contributed by atoms with E-state index in [0.717, 1.165) is 4.90 Å². The zero-order valence-corrected chi connectivity index (χ0v) is 7.60. The van der Waals surface area contributed by atoms with E-state index in [0.29, 0.717) is 11.3 Å². The van der Waals surface area contributed by atoms with Gasteiger partial charge < -0.3 is 4.55 Å². The molecule has 62 valence electrons. The molecule has 1 unspecified atom stereocenters. The molecule has 0 saturated carbocycles. The van der Waals surface area contributed by atoms with Crippen molar-refractivity contribution in [3.05, 3.63) is 29.8 Å². The lowest BCUT2D eigenvalue weighted by atomic mass is 10.2. The Bertz CT molecular complexity index is 306. The second kappa shape index (κ2) is 4.15. The molecule has 12 heavy (non-hydrogen) atoms. The van der Waals surface area contributed by atoms with Gasteiger partial charge in [0.2, 0.25) is 0 Å². The third-order valence-corrected chi connectivity index (χ3v) is 2.79. The summed E-state index contributed by atoms with van der Waals surface area (Å²) in [5.74, 6) is 0.592. The van der Waals surface area contributed by atoms with E-state index in [2.05, 4.69) is 0 Å². The largest absolute Gasteiger partial charge is 0.611 e. The van der Waals surface area contributed by atoms with Gasteiger partial charge in [-0.15, -0.1) is 0 Å². The van der Waals surface area contributed by atoms with Gasteiger partial charge in [-0.3, -0.25) is 0 Å². The van der Waals surface area contributed by atoms with E-state index < -0.39 is 11.2 Å². The van der Waals surface area contributed by atoms with Crippen molar-refractivity contribution in [2.75, 3.05) is 5.75 Å². The monoisotopic (exact) mass is 179 g/mol. The van der Waals surface area contributed by atoms with Crippen molar-refractivity contribution in [2.24, 2.45) is 0 Å². The summed E-state index contributed by atoms with van der Waals surface area (Å²) in [7, 11) is 0. The van der Waals surface area contributed by atoms with Crippen molar-refractivity contribution in [3.8, 4) is 6.07 Å². The predicted molar refractivity (Wildman–Crippen MR) is 48.1 cm³/mol. The quantitative estimate of drug-likeness (QED) is 0.648. The molecule has 0 radical (unpaired) electrons. The SMILES string of the molecule is CC[S+]([O-])c1cccc(C#N)c1. The minimum atomic E-state index is -0.953. The van der Waals surface area contributed by atoms with Crippen LogP contribution in [-0.2, 0) is 11.2 Å². The number of benzene rings is 1. The molecule has 2 nitrogen and oxygen atoms in total. The molecule has 0 aromatic heterocycles. The lowest BCUT2D eigenvalue weighted by molar-refractivity contribution is 0.596. The normalized spacial score (nSPS) is 12.1. The minimum Gasteiger partial charge on any atom is -0.611 e. The Morgan fingerprint density at radius 3 is 2.92 bits per heavy atom. The highest BCUT2D eigenvalue weighted by molar-refractivity contribution is 7.91. The fourth-order valence-electron chi connectivity index (χ4n) is 0.874. The standard InChI is InChI=1S/C9H9NOS/c1-2-12(11)9-5-3-4-8(6-9)7-10/h3-6H,2H2,1H3. The van der Waals surface area contributed by atoms with E-state index in [1.807, 2.05) is 13.0 Å². The summed E-state index contributed by atoms with van der Waals surface area (Å²) >= 11 is -0.953. The fraction of sp³-hybridized carbons (Fsp3) is 0.222. The summed E-state index contributed by atoms with van der Waals surface area (Å²) in [6.07, 6.45) is 0. The van der Waals surface area contributed by atoms with Gasteiger partial charge >= 0.3 is 0 Å². The van der Waals surface area contributed by atoms with Gasteiger partial charge in [0.05, 0.1) is 11.6 Å². The lowest BCUT2D eigenvalue weighted by Gasteiger charge is -2.06. The van der Waals surface area contributed by atoms with Gasteiger partial charge in [-0.05, 0) is 30.2 Å². The summed E-state index contributed by atoms with van der Waals surface area (Å²) < 4.78 is 11.3. The van der Waals surface area contributed by atoms with Crippen LogP contribution in [0.1, 0.15) is 12.5 Å². The third-order valence-electron chi connectivity index (χ3n) is 1.49. The first kappa shape index (κ1) is 9.11. The molecule has 0 aliphatic heterocycles. The first-order chi connectivity index (χ1) is 5.77. The van der Waals surface area contributed by atoms with Crippen LogP contribution in [-0.4, -0.2) is 10.3 Å². The maximum atomic E-state index is 11.3. The molecule has 0 amide bonds. The Morgan fingerprint density at radius 2 is 2.33 bits per heavy atom.